The summed E-state index contributed by atoms with van der Waals surface area (Å²) in [7, 11) is 0. The molecule has 2 N–H and O–H groups in total. The van der Waals surface area contributed by atoms with Crippen LogP contribution in [-0.4, -0.2) is 82.7 Å². The monoisotopic (exact) mass is 439 g/mol. The highest BCUT2D eigenvalue weighted by Gasteiger charge is 2.48. The standard InChI is InChI=1S/C20H33N5O6/c1-5-6-9-30-25-14-7-8-15(24(12-14)18(25)28)17(27)22-21-16(26)13-10-23(11-13)19(29)31-20(2,3)4/h13-15H,5-12H2,1-4H3,(H,21,26)(H,22,27)/t14-,15+/m1/s1. The Hall–Kier alpha value is -2.56. The summed E-state index contributed by atoms with van der Waals surface area (Å²) in [6, 6.07) is -1.00. The van der Waals surface area contributed by atoms with Gasteiger partial charge in [-0.1, -0.05) is 13.3 Å². The molecular weight excluding hydrogens is 406 g/mol. The Labute approximate surface area is 182 Å². The molecule has 0 radical (unpaired) electrons. The lowest BCUT2D eigenvalue weighted by molar-refractivity contribution is -0.136. The van der Waals surface area contributed by atoms with E-state index in [2.05, 4.69) is 10.9 Å². The van der Waals surface area contributed by atoms with Crippen molar-refractivity contribution in [2.75, 3.05) is 26.2 Å². The Morgan fingerprint density at radius 2 is 1.74 bits per heavy atom. The molecule has 0 aliphatic carbocycles. The molecule has 3 fully saturated rings. The molecule has 3 aliphatic heterocycles. The Morgan fingerprint density at radius 1 is 1.06 bits per heavy atom. The number of piperidine rings is 1. The number of hydrazine groups is 1. The lowest BCUT2D eigenvalue weighted by atomic mass is 10.00. The van der Waals surface area contributed by atoms with E-state index in [1.807, 2.05) is 6.92 Å². The number of carbonyl (C=O) groups excluding carboxylic acids is 4. The van der Waals surface area contributed by atoms with Crippen LogP contribution in [0.5, 0.6) is 0 Å². The first-order valence-electron chi connectivity index (χ1n) is 10.9. The Bertz CT molecular complexity index is 717. The summed E-state index contributed by atoms with van der Waals surface area (Å²) in [4.78, 5) is 58.0. The third-order valence-electron chi connectivity index (χ3n) is 5.57. The summed E-state index contributed by atoms with van der Waals surface area (Å²) >= 11 is 0. The van der Waals surface area contributed by atoms with Gasteiger partial charge in [0.1, 0.15) is 11.6 Å². The van der Waals surface area contributed by atoms with Gasteiger partial charge in [-0.15, -0.1) is 0 Å². The number of rotatable bonds is 6. The number of nitrogens with zero attached hydrogens (tertiary/aromatic N) is 3. The Kier molecular flexibility index (Phi) is 6.93. The quantitative estimate of drug-likeness (QED) is 0.471. The normalized spacial score (nSPS) is 23.5. The van der Waals surface area contributed by atoms with Crippen LogP contribution in [0.1, 0.15) is 53.4 Å². The zero-order chi connectivity index (χ0) is 22.8. The number of likely N-dealkylation sites (tertiary alicyclic amines) is 1. The number of hydrogen-bond acceptors (Lipinski definition) is 6. The highest BCUT2D eigenvalue weighted by molar-refractivity contribution is 5.90. The van der Waals surface area contributed by atoms with Gasteiger partial charge in [0.15, 0.2) is 0 Å². The molecule has 0 aromatic heterocycles. The largest absolute Gasteiger partial charge is 0.444 e. The molecule has 0 aromatic carbocycles. The molecule has 3 heterocycles. The summed E-state index contributed by atoms with van der Waals surface area (Å²) < 4.78 is 5.26. The van der Waals surface area contributed by atoms with Crippen LogP contribution < -0.4 is 10.9 Å². The first kappa shape index (κ1) is 23.1. The van der Waals surface area contributed by atoms with Gasteiger partial charge in [-0.25, -0.2) is 9.59 Å². The van der Waals surface area contributed by atoms with Crippen LogP contribution in [0.4, 0.5) is 9.59 Å². The van der Waals surface area contributed by atoms with Crippen molar-refractivity contribution in [1.82, 2.24) is 25.7 Å². The van der Waals surface area contributed by atoms with Crippen molar-refractivity contribution in [2.24, 2.45) is 5.92 Å². The highest BCUT2D eigenvalue weighted by atomic mass is 16.7. The summed E-state index contributed by atoms with van der Waals surface area (Å²) in [6.07, 6.45) is 2.53. The first-order chi connectivity index (χ1) is 14.6. The Balaban J connectivity index is 1.42. The molecule has 3 rings (SSSR count). The van der Waals surface area contributed by atoms with E-state index in [0.717, 1.165) is 12.8 Å². The average Bonchev–Trinajstić information content (AvgIpc) is 2.88. The van der Waals surface area contributed by atoms with Crippen LogP contribution >= 0.6 is 0 Å². The van der Waals surface area contributed by atoms with Crippen LogP contribution in [0.2, 0.25) is 0 Å². The van der Waals surface area contributed by atoms with Crippen LogP contribution in [0.15, 0.2) is 0 Å². The van der Waals surface area contributed by atoms with Crippen LogP contribution in [0.3, 0.4) is 0 Å². The van der Waals surface area contributed by atoms with E-state index >= 15 is 0 Å². The van der Waals surface area contributed by atoms with Gasteiger partial charge >= 0.3 is 12.1 Å². The van der Waals surface area contributed by atoms with E-state index in [0.29, 0.717) is 26.0 Å². The van der Waals surface area contributed by atoms with Crippen LogP contribution in [0.25, 0.3) is 0 Å². The van der Waals surface area contributed by atoms with E-state index < -0.39 is 29.6 Å². The number of hydroxylamine groups is 2. The summed E-state index contributed by atoms with van der Waals surface area (Å²) in [5, 5.41) is 1.39. The van der Waals surface area contributed by atoms with Crippen molar-refractivity contribution in [2.45, 2.75) is 71.1 Å². The fourth-order valence-electron chi connectivity index (χ4n) is 3.81. The molecular formula is C20H33N5O6. The molecule has 0 unspecified atom stereocenters. The van der Waals surface area contributed by atoms with Crippen LogP contribution in [0, 0.1) is 5.92 Å². The van der Waals surface area contributed by atoms with E-state index in [4.69, 9.17) is 9.57 Å². The second kappa shape index (κ2) is 9.29. The topological polar surface area (TPSA) is 121 Å². The van der Waals surface area contributed by atoms with Crippen LogP contribution in [-0.2, 0) is 19.2 Å². The van der Waals surface area contributed by atoms with Gasteiger partial charge in [0.2, 0.25) is 5.91 Å². The average molecular weight is 440 g/mol. The lowest BCUT2D eigenvalue weighted by Crippen LogP contribution is -2.60. The molecule has 5 amide bonds. The number of fused-ring (bicyclic) bond motifs is 2. The SMILES string of the molecule is CCCCON1C(=O)N2C[C@H]1CC[C@H]2C(=O)NNC(=O)C1CN(C(=O)OC(C)(C)C)C1. The molecule has 0 saturated carbocycles. The molecule has 174 valence electrons. The zero-order valence-corrected chi connectivity index (χ0v) is 18.7. The summed E-state index contributed by atoms with van der Waals surface area (Å²) in [5.41, 5.74) is 4.25. The van der Waals surface area contributed by atoms with Gasteiger partial charge < -0.3 is 14.5 Å². The number of hydrogen-bond donors (Lipinski definition) is 2. The van der Waals surface area contributed by atoms with Gasteiger partial charge in [0, 0.05) is 19.6 Å². The first-order valence-corrected chi connectivity index (χ1v) is 10.9. The summed E-state index contributed by atoms with van der Waals surface area (Å²) in [5.74, 6) is -1.22. The fourth-order valence-corrected chi connectivity index (χ4v) is 3.81. The number of carbonyl (C=O) groups is 4. The van der Waals surface area contributed by atoms with Gasteiger partial charge in [-0.2, -0.15) is 5.06 Å². The van der Waals surface area contributed by atoms with E-state index in [1.165, 1.54) is 14.9 Å². The fraction of sp³-hybridized carbons (Fsp3) is 0.800. The number of unbranched alkanes of at least 4 members (excludes halogenated alkanes) is 1. The molecule has 11 heteroatoms. The molecule has 0 spiro atoms. The minimum absolute atomic E-state index is 0.0446. The number of ether oxygens (including phenoxy) is 1. The van der Waals surface area contributed by atoms with Crippen molar-refractivity contribution in [3.05, 3.63) is 0 Å². The lowest BCUT2D eigenvalue weighted by Gasteiger charge is -2.38. The van der Waals surface area contributed by atoms with Crippen molar-refractivity contribution >= 4 is 23.9 Å². The zero-order valence-electron chi connectivity index (χ0n) is 18.7. The van der Waals surface area contributed by atoms with Crippen molar-refractivity contribution in [1.29, 1.82) is 0 Å². The maximum absolute atomic E-state index is 12.6. The van der Waals surface area contributed by atoms with Gasteiger partial charge in [0.05, 0.1) is 18.6 Å². The van der Waals surface area contributed by atoms with Gasteiger partial charge in [0.25, 0.3) is 5.91 Å². The molecule has 3 saturated heterocycles. The van der Waals surface area contributed by atoms with Gasteiger partial charge in [-0.3, -0.25) is 25.3 Å². The number of amides is 5. The predicted octanol–water partition coefficient (Wildman–Crippen LogP) is 1.00. The minimum atomic E-state index is -0.650. The molecule has 0 aromatic rings. The third-order valence-corrected chi connectivity index (χ3v) is 5.57. The molecule has 2 bridgehead atoms. The molecule has 11 nitrogen and oxygen atoms in total. The maximum Gasteiger partial charge on any atom is 0.410 e. The van der Waals surface area contributed by atoms with E-state index in [-0.39, 0.29) is 31.1 Å². The smallest absolute Gasteiger partial charge is 0.410 e. The van der Waals surface area contributed by atoms with Crippen molar-refractivity contribution < 1.29 is 28.8 Å². The minimum Gasteiger partial charge on any atom is -0.444 e. The number of nitrogens with one attached hydrogen (secondary N) is 2. The van der Waals surface area contributed by atoms with E-state index in [1.54, 1.807) is 20.8 Å². The van der Waals surface area contributed by atoms with Crippen molar-refractivity contribution in [3.63, 3.8) is 0 Å². The molecule has 31 heavy (non-hydrogen) atoms. The third kappa shape index (κ3) is 5.38. The van der Waals surface area contributed by atoms with Gasteiger partial charge in [-0.05, 0) is 40.0 Å². The second-order valence-electron chi connectivity index (χ2n) is 9.26. The molecule has 3 aliphatic rings. The maximum atomic E-state index is 12.6. The van der Waals surface area contributed by atoms with E-state index in [9.17, 15) is 19.2 Å². The summed E-state index contributed by atoms with van der Waals surface area (Å²) in [6.45, 7) is 8.75. The molecule has 2 atom stereocenters. The predicted molar refractivity (Wildman–Crippen MR) is 109 cm³/mol. The second-order valence-corrected chi connectivity index (χ2v) is 9.26. The Morgan fingerprint density at radius 3 is 2.39 bits per heavy atom. The number of urea groups is 1. The van der Waals surface area contributed by atoms with Crippen molar-refractivity contribution in [3.8, 4) is 0 Å². The highest BCUT2D eigenvalue weighted by Crippen LogP contribution is 2.30.